The first kappa shape index (κ1) is 16.3. The van der Waals surface area contributed by atoms with Crippen LogP contribution in [-0.4, -0.2) is 49.4 Å². The van der Waals surface area contributed by atoms with Gasteiger partial charge in [0.1, 0.15) is 5.75 Å². The summed E-state index contributed by atoms with van der Waals surface area (Å²) in [6.45, 7) is 5.85. The maximum absolute atomic E-state index is 10.2. The summed E-state index contributed by atoms with van der Waals surface area (Å²) < 4.78 is 5.19. The average molecular weight is 292 g/mol. The Bertz CT molecular complexity index is 402. The molecule has 4 nitrogen and oxygen atoms in total. The molecular formula is C17H28N2O2. The molecule has 118 valence electrons. The molecule has 21 heavy (non-hydrogen) atoms. The van der Waals surface area contributed by atoms with Gasteiger partial charge in [-0.05, 0) is 50.0 Å². The first-order valence-corrected chi connectivity index (χ1v) is 8.00. The fraction of sp³-hybridized carbons (Fsp3) is 0.647. The summed E-state index contributed by atoms with van der Waals surface area (Å²) in [5.41, 5.74) is 1.24. The van der Waals surface area contributed by atoms with E-state index in [1.54, 1.807) is 7.11 Å². The van der Waals surface area contributed by atoms with Crippen molar-refractivity contribution in [1.29, 1.82) is 0 Å². The molecule has 1 aromatic rings. The Morgan fingerprint density at radius 3 is 2.48 bits per heavy atom. The van der Waals surface area contributed by atoms with Gasteiger partial charge in [0, 0.05) is 19.1 Å². The van der Waals surface area contributed by atoms with Crippen LogP contribution in [0.5, 0.6) is 5.75 Å². The summed E-state index contributed by atoms with van der Waals surface area (Å²) >= 11 is 0. The Morgan fingerprint density at radius 2 is 1.90 bits per heavy atom. The second kappa shape index (κ2) is 8.37. The summed E-state index contributed by atoms with van der Waals surface area (Å²) in [7, 11) is 1.68. The molecule has 4 heteroatoms. The van der Waals surface area contributed by atoms with Crippen LogP contribution in [0.4, 0.5) is 0 Å². The zero-order valence-corrected chi connectivity index (χ0v) is 13.2. The van der Waals surface area contributed by atoms with Gasteiger partial charge in [-0.25, -0.2) is 0 Å². The average Bonchev–Trinajstić information content (AvgIpc) is 3.01. The van der Waals surface area contributed by atoms with E-state index >= 15 is 0 Å². The smallest absolute Gasteiger partial charge is 0.118 e. The van der Waals surface area contributed by atoms with Gasteiger partial charge in [-0.3, -0.25) is 0 Å². The molecule has 0 aliphatic carbocycles. The third-order valence-electron chi connectivity index (χ3n) is 4.19. The van der Waals surface area contributed by atoms with Crippen molar-refractivity contribution in [3.63, 3.8) is 0 Å². The van der Waals surface area contributed by atoms with Crippen molar-refractivity contribution in [3.8, 4) is 5.75 Å². The van der Waals surface area contributed by atoms with Gasteiger partial charge in [0.05, 0.1) is 13.2 Å². The zero-order valence-electron chi connectivity index (χ0n) is 13.2. The van der Waals surface area contributed by atoms with Gasteiger partial charge in [0.15, 0.2) is 0 Å². The molecule has 0 saturated carbocycles. The van der Waals surface area contributed by atoms with Crippen molar-refractivity contribution in [2.45, 2.75) is 38.3 Å². The lowest BCUT2D eigenvalue weighted by Gasteiger charge is -2.23. The van der Waals surface area contributed by atoms with E-state index < -0.39 is 0 Å². The Morgan fingerprint density at radius 1 is 1.24 bits per heavy atom. The summed E-state index contributed by atoms with van der Waals surface area (Å²) in [4.78, 5) is 2.35. The van der Waals surface area contributed by atoms with Crippen molar-refractivity contribution in [1.82, 2.24) is 10.2 Å². The first-order valence-electron chi connectivity index (χ1n) is 8.00. The van der Waals surface area contributed by atoms with Gasteiger partial charge in [0.25, 0.3) is 0 Å². The van der Waals surface area contributed by atoms with Crippen molar-refractivity contribution >= 4 is 0 Å². The Hall–Kier alpha value is -1.10. The highest BCUT2D eigenvalue weighted by Crippen LogP contribution is 2.20. The highest BCUT2D eigenvalue weighted by Gasteiger charge is 2.17. The van der Waals surface area contributed by atoms with Gasteiger partial charge in [0.2, 0.25) is 0 Å². The van der Waals surface area contributed by atoms with Crippen molar-refractivity contribution in [3.05, 3.63) is 29.8 Å². The van der Waals surface area contributed by atoms with E-state index in [-0.39, 0.29) is 12.1 Å². The molecule has 2 atom stereocenters. The molecule has 1 heterocycles. The van der Waals surface area contributed by atoms with E-state index in [0.29, 0.717) is 6.54 Å². The summed E-state index contributed by atoms with van der Waals surface area (Å²) in [6.07, 6.45) is 3.24. The second-order valence-electron chi connectivity index (χ2n) is 5.80. The number of hydrogen-bond acceptors (Lipinski definition) is 4. The van der Waals surface area contributed by atoms with E-state index in [2.05, 4.69) is 29.3 Å². The molecule has 0 bridgehead atoms. The van der Waals surface area contributed by atoms with Gasteiger partial charge in [-0.1, -0.05) is 19.1 Å². The lowest BCUT2D eigenvalue weighted by molar-refractivity contribution is 0.120. The van der Waals surface area contributed by atoms with E-state index in [9.17, 15) is 5.11 Å². The molecule has 1 aliphatic rings. The van der Waals surface area contributed by atoms with Crippen LogP contribution in [0.25, 0.3) is 0 Å². The Labute approximate surface area is 128 Å². The standard InChI is InChI=1S/C17H28N2O2/c1-3-17(14-6-8-16(21-2)9-7-14)18-12-15(20)13-19-10-4-5-11-19/h6-9,15,17-18,20H,3-5,10-13H2,1-2H3. The van der Waals surface area contributed by atoms with Crippen molar-refractivity contribution in [2.75, 3.05) is 33.3 Å². The van der Waals surface area contributed by atoms with Crippen LogP contribution in [0.3, 0.4) is 0 Å². The fourth-order valence-corrected chi connectivity index (χ4v) is 2.94. The van der Waals surface area contributed by atoms with Crippen LogP contribution in [0, 0.1) is 0 Å². The minimum atomic E-state index is -0.296. The number of aliphatic hydroxyl groups is 1. The monoisotopic (exact) mass is 292 g/mol. The van der Waals surface area contributed by atoms with Crippen LogP contribution >= 0.6 is 0 Å². The molecule has 0 radical (unpaired) electrons. The van der Waals surface area contributed by atoms with Crippen molar-refractivity contribution in [2.24, 2.45) is 0 Å². The first-order chi connectivity index (χ1) is 10.2. The number of nitrogens with zero attached hydrogens (tertiary/aromatic N) is 1. The highest BCUT2D eigenvalue weighted by atomic mass is 16.5. The van der Waals surface area contributed by atoms with Gasteiger partial charge >= 0.3 is 0 Å². The van der Waals surface area contributed by atoms with E-state index in [1.807, 2.05) is 12.1 Å². The third kappa shape index (κ3) is 4.99. The lowest BCUT2D eigenvalue weighted by atomic mass is 10.0. The number of hydrogen-bond donors (Lipinski definition) is 2. The summed E-state index contributed by atoms with van der Waals surface area (Å²) in [6, 6.07) is 8.43. The molecule has 1 aromatic carbocycles. The SMILES string of the molecule is CCC(NCC(O)CN1CCCC1)c1ccc(OC)cc1. The molecule has 1 fully saturated rings. The minimum absolute atomic E-state index is 0.282. The van der Waals surface area contributed by atoms with E-state index in [1.165, 1.54) is 18.4 Å². The Balaban J connectivity index is 1.80. The highest BCUT2D eigenvalue weighted by molar-refractivity contribution is 5.29. The number of β-amino-alcohol motifs (C(OH)–C–C–N with tert-alkyl or cyclic N) is 1. The molecule has 0 aromatic heterocycles. The number of rotatable bonds is 8. The van der Waals surface area contributed by atoms with Gasteiger partial charge in [-0.15, -0.1) is 0 Å². The molecule has 2 N–H and O–H groups in total. The topological polar surface area (TPSA) is 44.7 Å². The summed E-state index contributed by atoms with van der Waals surface area (Å²) in [5.74, 6) is 0.877. The largest absolute Gasteiger partial charge is 0.497 e. The van der Waals surface area contributed by atoms with Crippen molar-refractivity contribution < 1.29 is 9.84 Å². The molecule has 0 amide bonds. The minimum Gasteiger partial charge on any atom is -0.497 e. The number of nitrogens with one attached hydrogen (secondary N) is 1. The molecule has 2 unspecified atom stereocenters. The van der Waals surface area contributed by atoms with E-state index in [4.69, 9.17) is 4.74 Å². The van der Waals surface area contributed by atoms with E-state index in [0.717, 1.165) is 31.8 Å². The number of ether oxygens (including phenoxy) is 1. The molecule has 2 rings (SSSR count). The fourth-order valence-electron chi connectivity index (χ4n) is 2.94. The van der Waals surface area contributed by atoms with Crippen LogP contribution in [0.2, 0.25) is 0 Å². The quantitative estimate of drug-likeness (QED) is 0.771. The maximum atomic E-state index is 10.2. The third-order valence-corrected chi connectivity index (χ3v) is 4.19. The summed E-state index contributed by atoms with van der Waals surface area (Å²) in [5, 5.41) is 13.6. The number of benzene rings is 1. The Kier molecular flexibility index (Phi) is 6.49. The molecule has 0 spiro atoms. The van der Waals surface area contributed by atoms with Crippen LogP contribution in [0.15, 0.2) is 24.3 Å². The number of methoxy groups -OCH3 is 1. The normalized spacial score (nSPS) is 18.6. The van der Waals surface area contributed by atoms with Gasteiger partial charge < -0.3 is 20.1 Å². The predicted molar refractivity (Wildman–Crippen MR) is 85.7 cm³/mol. The van der Waals surface area contributed by atoms with Crippen LogP contribution in [0.1, 0.15) is 37.8 Å². The van der Waals surface area contributed by atoms with Crippen LogP contribution in [-0.2, 0) is 0 Å². The zero-order chi connectivity index (χ0) is 15.1. The second-order valence-corrected chi connectivity index (χ2v) is 5.80. The predicted octanol–water partition coefficient (Wildman–Crippen LogP) is 2.19. The lowest BCUT2D eigenvalue weighted by Crippen LogP contribution is -2.38. The van der Waals surface area contributed by atoms with Crippen LogP contribution < -0.4 is 10.1 Å². The molecule has 1 aliphatic heterocycles. The number of aliphatic hydroxyl groups excluding tert-OH is 1. The molecular weight excluding hydrogens is 264 g/mol. The number of likely N-dealkylation sites (tertiary alicyclic amines) is 1. The maximum Gasteiger partial charge on any atom is 0.118 e. The molecule has 1 saturated heterocycles. The van der Waals surface area contributed by atoms with Gasteiger partial charge in [-0.2, -0.15) is 0 Å².